The number of hydrogen-bond acceptors (Lipinski definition) is 5. The highest BCUT2D eigenvalue weighted by molar-refractivity contribution is 5.76. The monoisotopic (exact) mass is 475 g/mol. The van der Waals surface area contributed by atoms with E-state index in [1.54, 1.807) is 13.8 Å². The Bertz CT molecular complexity index is 1170. The SMILES string of the molecule is Cc1nc2nc(C(F)(F)F)nn2c(C)c1CCC(=O)N(C)Cc1ccccc1OC(F)(F)F. The molecule has 33 heavy (non-hydrogen) atoms. The molecule has 13 heteroatoms. The summed E-state index contributed by atoms with van der Waals surface area (Å²) in [7, 11) is 1.43. The minimum absolute atomic E-state index is 0.0471. The number of hydrogen-bond donors (Lipinski definition) is 0. The van der Waals surface area contributed by atoms with Gasteiger partial charge in [0.25, 0.3) is 11.6 Å². The molecule has 0 unspecified atom stereocenters. The summed E-state index contributed by atoms with van der Waals surface area (Å²) in [4.78, 5) is 21.3. The number of benzene rings is 1. The summed E-state index contributed by atoms with van der Waals surface area (Å²) in [6.45, 7) is 3.01. The van der Waals surface area contributed by atoms with Crippen molar-refractivity contribution in [3.63, 3.8) is 0 Å². The van der Waals surface area contributed by atoms with Crippen LogP contribution in [-0.2, 0) is 23.9 Å². The first-order valence-corrected chi connectivity index (χ1v) is 9.64. The van der Waals surface area contributed by atoms with E-state index in [4.69, 9.17) is 0 Å². The molecule has 0 spiro atoms. The van der Waals surface area contributed by atoms with Crippen molar-refractivity contribution in [2.45, 2.75) is 45.8 Å². The molecule has 0 aliphatic rings. The minimum Gasteiger partial charge on any atom is -0.405 e. The fourth-order valence-corrected chi connectivity index (χ4v) is 3.32. The predicted octanol–water partition coefficient (Wildman–Crippen LogP) is 4.25. The maximum absolute atomic E-state index is 12.9. The zero-order chi connectivity index (χ0) is 24.6. The van der Waals surface area contributed by atoms with Gasteiger partial charge in [-0.2, -0.15) is 18.2 Å². The van der Waals surface area contributed by atoms with Gasteiger partial charge in [-0.15, -0.1) is 18.3 Å². The molecule has 0 aliphatic carbocycles. The zero-order valence-corrected chi connectivity index (χ0v) is 17.8. The molecule has 3 rings (SSSR count). The number of alkyl halides is 6. The van der Waals surface area contributed by atoms with E-state index in [0.29, 0.717) is 17.0 Å². The van der Waals surface area contributed by atoms with E-state index < -0.39 is 24.1 Å². The number of aryl methyl sites for hydroxylation is 2. The Morgan fingerprint density at radius 3 is 2.39 bits per heavy atom. The van der Waals surface area contributed by atoms with Crippen LogP contribution >= 0.6 is 0 Å². The summed E-state index contributed by atoms with van der Waals surface area (Å²) in [5.41, 5.74) is 1.47. The van der Waals surface area contributed by atoms with Crippen molar-refractivity contribution < 1.29 is 35.9 Å². The second kappa shape index (κ2) is 8.87. The largest absolute Gasteiger partial charge is 0.573 e. The van der Waals surface area contributed by atoms with Crippen LogP contribution in [0.5, 0.6) is 5.75 Å². The van der Waals surface area contributed by atoms with E-state index in [0.717, 1.165) is 10.6 Å². The Hall–Kier alpha value is -3.38. The van der Waals surface area contributed by atoms with Gasteiger partial charge >= 0.3 is 12.5 Å². The van der Waals surface area contributed by atoms with Gasteiger partial charge in [0, 0.05) is 37.0 Å². The van der Waals surface area contributed by atoms with Crippen LogP contribution in [0.15, 0.2) is 24.3 Å². The van der Waals surface area contributed by atoms with Crippen LogP contribution in [-0.4, -0.2) is 43.8 Å². The van der Waals surface area contributed by atoms with Crippen LogP contribution in [0.25, 0.3) is 5.78 Å². The fourth-order valence-electron chi connectivity index (χ4n) is 3.32. The van der Waals surface area contributed by atoms with Crippen molar-refractivity contribution in [3.8, 4) is 5.75 Å². The van der Waals surface area contributed by atoms with Crippen molar-refractivity contribution in [1.82, 2.24) is 24.5 Å². The highest BCUT2D eigenvalue weighted by Crippen LogP contribution is 2.28. The average Bonchev–Trinajstić information content (AvgIpc) is 3.12. The number of nitrogens with zero attached hydrogens (tertiary/aromatic N) is 5. The third-order valence-electron chi connectivity index (χ3n) is 4.92. The minimum atomic E-state index is -4.87. The molecule has 1 aromatic carbocycles. The molecule has 0 N–H and O–H groups in total. The van der Waals surface area contributed by atoms with Gasteiger partial charge in [0.2, 0.25) is 5.91 Å². The lowest BCUT2D eigenvalue weighted by Gasteiger charge is -2.20. The van der Waals surface area contributed by atoms with Gasteiger partial charge in [-0.25, -0.2) is 9.50 Å². The molecule has 0 fully saturated rings. The Morgan fingerprint density at radius 2 is 1.76 bits per heavy atom. The van der Waals surface area contributed by atoms with E-state index in [1.807, 2.05) is 0 Å². The maximum atomic E-state index is 12.9. The summed E-state index contributed by atoms with van der Waals surface area (Å²) in [6.07, 6.45) is -9.49. The zero-order valence-electron chi connectivity index (χ0n) is 17.8. The van der Waals surface area contributed by atoms with Crippen LogP contribution in [0.2, 0.25) is 0 Å². The number of amides is 1. The molecule has 3 aromatic rings. The number of ether oxygens (including phenoxy) is 1. The molecule has 178 valence electrons. The first-order chi connectivity index (χ1) is 15.3. The topological polar surface area (TPSA) is 72.6 Å². The number of rotatable bonds is 6. The maximum Gasteiger partial charge on any atom is 0.573 e. The van der Waals surface area contributed by atoms with Crippen molar-refractivity contribution >= 4 is 11.7 Å². The lowest BCUT2D eigenvalue weighted by atomic mass is 10.1. The van der Waals surface area contributed by atoms with Crippen molar-refractivity contribution in [2.24, 2.45) is 0 Å². The summed E-state index contributed by atoms with van der Waals surface area (Å²) >= 11 is 0. The van der Waals surface area contributed by atoms with E-state index in [1.165, 1.54) is 30.1 Å². The van der Waals surface area contributed by atoms with Crippen LogP contribution < -0.4 is 4.74 Å². The molecule has 0 bridgehead atoms. The van der Waals surface area contributed by atoms with E-state index in [-0.39, 0.29) is 36.6 Å². The van der Waals surface area contributed by atoms with E-state index >= 15 is 0 Å². The Kier molecular flexibility index (Phi) is 6.52. The quantitative estimate of drug-likeness (QED) is 0.499. The number of halogens is 6. The number of carbonyl (C=O) groups excluding carboxylic acids is 1. The Balaban J connectivity index is 1.73. The molecule has 7 nitrogen and oxygen atoms in total. The van der Waals surface area contributed by atoms with Crippen molar-refractivity contribution in [3.05, 3.63) is 52.6 Å². The molecule has 2 heterocycles. The van der Waals surface area contributed by atoms with Gasteiger partial charge in [-0.1, -0.05) is 18.2 Å². The smallest absolute Gasteiger partial charge is 0.405 e. The predicted molar refractivity (Wildman–Crippen MR) is 103 cm³/mol. The number of fused-ring (bicyclic) bond motifs is 1. The molecular weight excluding hydrogens is 456 g/mol. The first kappa shape index (κ1) is 24.3. The highest BCUT2D eigenvalue weighted by atomic mass is 19.4. The van der Waals surface area contributed by atoms with Crippen molar-refractivity contribution in [1.29, 1.82) is 0 Å². The first-order valence-electron chi connectivity index (χ1n) is 9.64. The molecule has 2 aromatic heterocycles. The Morgan fingerprint density at radius 1 is 1.09 bits per heavy atom. The summed E-state index contributed by atoms with van der Waals surface area (Å²) < 4.78 is 81.5. The molecule has 0 atom stereocenters. The summed E-state index contributed by atoms with van der Waals surface area (Å²) in [5.74, 6) is -2.31. The number of para-hydroxylation sites is 1. The van der Waals surface area contributed by atoms with Crippen LogP contribution in [0, 0.1) is 13.8 Å². The normalized spacial score (nSPS) is 12.3. The van der Waals surface area contributed by atoms with Crippen LogP contribution in [0.4, 0.5) is 26.3 Å². The summed E-state index contributed by atoms with van der Waals surface area (Å²) in [6, 6.07) is 5.48. The van der Waals surface area contributed by atoms with Gasteiger partial charge < -0.3 is 9.64 Å². The number of carbonyl (C=O) groups is 1. The van der Waals surface area contributed by atoms with Gasteiger partial charge in [0.05, 0.1) is 0 Å². The van der Waals surface area contributed by atoms with Crippen LogP contribution in [0.1, 0.15) is 34.8 Å². The lowest BCUT2D eigenvalue weighted by Crippen LogP contribution is -2.27. The Labute approximate surface area is 184 Å². The van der Waals surface area contributed by atoms with Gasteiger partial charge in [0.1, 0.15) is 5.75 Å². The van der Waals surface area contributed by atoms with Crippen LogP contribution in [0.3, 0.4) is 0 Å². The third-order valence-corrected chi connectivity index (χ3v) is 4.92. The lowest BCUT2D eigenvalue weighted by molar-refractivity contribution is -0.275. The standard InChI is InChI=1S/C20H19F6N5O2/c1-11-14(12(2)31-18(27-11)28-17(29-31)19(21,22)23)8-9-16(32)30(3)10-13-6-4-5-7-15(13)33-20(24,25)26/h4-7H,8-10H2,1-3H3. The molecule has 0 aliphatic heterocycles. The van der Waals surface area contributed by atoms with E-state index in [2.05, 4.69) is 19.8 Å². The third kappa shape index (κ3) is 5.71. The molecule has 0 saturated carbocycles. The second-order valence-electron chi connectivity index (χ2n) is 7.31. The molecular formula is C20H19F6N5O2. The second-order valence-corrected chi connectivity index (χ2v) is 7.31. The van der Waals surface area contributed by atoms with Gasteiger partial charge in [-0.3, -0.25) is 4.79 Å². The molecule has 0 saturated heterocycles. The highest BCUT2D eigenvalue weighted by Gasteiger charge is 2.37. The average molecular weight is 475 g/mol. The molecule has 0 radical (unpaired) electrons. The van der Waals surface area contributed by atoms with Gasteiger partial charge in [0.15, 0.2) is 0 Å². The number of aromatic nitrogens is 4. The van der Waals surface area contributed by atoms with Gasteiger partial charge in [-0.05, 0) is 31.9 Å². The van der Waals surface area contributed by atoms with E-state index in [9.17, 15) is 31.1 Å². The fraction of sp³-hybridized carbons (Fsp3) is 0.400. The summed E-state index contributed by atoms with van der Waals surface area (Å²) in [5, 5.41) is 3.46. The van der Waals surface area contributed by atoms with Crippen molar-refractivity contribution in [2.75, 3.05) is 7.05 Å². The molecule has 1 amide bonds.